The molecule has 0 aliphatic carbocycles. The van der Waals surface area contributed by atoms with Crippen molar-refractivity contribution in [1.82, 2.24) is 4.90 Å². The number of hydrogen-bond donors (Lipinski definition) is 1. The Morgan fingerprint density at radius 2 is 1.74 bits per heavy atom. The predicted octanol–water partition coefficient (Wildman–Crippen LogP) is 3.68. The molecule has 3 nitrogen and oxygen atoms in total. The lowest BCUT2D eigenvalue weighted by atomic mass is 10.0. The lowest BCUT2D eigenvalue weighted by molar-refractivity contribution is -0.138. The van der Waals surface area contributed by atoms with Gasteiger partial charge in [-0.1, -0.05) is 25.0 Å². The highest BCUT2D eigenvalue weighted by Gasteiger charge is 2.23. The molecule has 1 fully saturated rings. The first-order valence-corrected chi connectivity index (χ1v) is 7.96. The van der Waals surface area contributed by atoms with Gasteiger partial charge in [0.05, 0.1) is 6.42 Å². The summed E-state index contributed by atoms with van der Waals surface area (Å²) in [6.45, 7) is 2.04. The van der Waals surface area contributed by atoms with Crippen molar-refractivity contribution in [1.29, 1.82) is 0 Å². The monoisotopic (exact) mass is 373 g/mol. The van der Waals surface area contributed by atoms with Gasteiger partial charge in [0.15, 0.2) is 0 Å². The third kappa shape index (κ3) is 4.45. The van der Waals surface area contributed by atoms with Crippen molar-refractivity contribution in [3.63, 3.8) is 0 Å². The SMILES string of the molecule is O=C(O)CC(c1ccc(I)cc1)N1CCCCCC1. The van der Waals surface area contributed by atoms with Crippen LogP contribution in [0, 0.1) is 3.57 Å². The summed E-state index contributed by atoms with van der Waals surface area (Å²) in [6, 6.07) is 8.28. The van der Waals surface area contributed by atoms with Crippen LogP contribution >= 0.6 is 22.6 Å². The number of carboxylic acid groups (broad SMARTS) is 1. The molecule has 1 aliphatic heterocycles. The van der Waals surface area contributed by atoms with E-state index in [1.807, 2.05) is 0 Å². The molecule has 1 aliphatic rings. The highest BCUT2D eigenvalue weighted by atomic mass is 127. The van der Waals surface area contributed by atoms with Crippen LogP contribution in [0.1, 0.15) is 43.7 Å². The summed E-state index contributed by atoms with van der Waals surface area (Å²) in [6.07, 6.45) is 5.09. The zero-order valence-corrected chi connectivity index (χ0v) is 13.2. The fraction of sp³-hybridized carbons (Fsp3) is 0.533. The molecule has 0 amide bonds. The Balaban J connectivity index is 2.18. The minimum Gasteiger partial charge on any atom is -0.481 e. The largest absolute Gasteiger partial charge is 0.481 e. The Kier molecular flexibility index (Phi) is 5.63. The van der Waals surface area contributed by atoms with Gasteiger partial charge < -0.3 is 5.11 Å². The minimum atomic E-state index is -0.715. The van der Waals surface area contributed by atoms with Crippen molar-refractivity contribution in [2.45, 2.75) is 38.1 Å². The molecule has 0 spiro atoms. The summed E-state index contributed by atoms with van der Waals surface area (Å²) in [4.78, 5) is 13.5. The Labute approximate surface area is 128 Å². The molecule has 1 heterocycles. The second kappa shape index (κ2) is 7.24. The number of halogens is 1. The number of carboxylic acids is 1. The van der Waals surface area contributed by atoms with E-state index in [2.05, 4.69) is 51.8 Å². The number of rotatable bonds is 4. The Hall–Kier alpha value is -0.620. The maximum absolute atomic E-state index is 11.2. The molecule has 1 aromatic carbocycles. The molecule has 19 heavy (non-hydrogen) atoms. The van der Waals surface area contributed by atoms with E-state index in [-0.39, 0.29) is 12.5 Å². The summed E-state index contributed by atoms with van der Waals surface area (Å²) in [5.41, 5.74) is 1.13. The van der Waals surface area contributed by atoms with E-state index in [0.29, 0.717) is 0 Å². The maximum atomic E-state index is 11.2. The van der Waals surface area contributed by atoms with E-state index in [0.717, 1.165) is 18.7 Å². The van der Waals surface area contributed by atoms with Gasteiger partial charge in [0, 0.05) is 9.61 Å². The molecule has 4 heteroatoms. The first-order chi connectivity index (χ1) is 9.16. The summed E-state index contributed by atoms with van der Waals surface area (Å²) in [5, 5.41) is 9.17. The Bertz CT molecular complexity index is 411. The van der Waals surface area contributed by atoms with Gasteiger partial charge in [-0.05, 0) is 66.2 Å². The van der Waals surface area contributed by atoms with E-state index in [4.69, 9.17) is 0 Å². The van der Waals surface area contributed by atoms with Crippen LogP contribution in [0.3, 0.4) is 0 Å². The quantitative estimate of drug-likeness (QED) is 0.819. The van der Waals surface area contributed by atoms with Gasteiger partial charge in [-0.15, -0.1) is 0 Å². The molecule has 1 atom stereocenters. The number of likely N-dealkylation sites (tertiary alicyclic amines) is 1. The second-order valence-corrected chi connectivity index (χ2v) is 6.36. The van der Waals surface area contributed by atoms with Crippen molar-refractivity contribution in [3.05, 3.63) is 33.4 Å². The molecule has 1 unspecified atom stereocenters. The van der Waals surface area contributed by atoms with Crippen LogP contribution < -0.4 is 0 Å². The van der Waals surface area contributed by atoms with Crippen molar-refractivity contribution in [2.24, 2.45) is 0 Å². The van der Waals surface area contributed by atoms with Gasteiger partial charge in [-0.2, -0.15) is 0 Å². The molecule has 0 radical (unpaired) electrons. The van der Waals surface area contributed by atoms with E-state index in [1.54, 1.807) is 0 Å². The maximum Gasteiger partial charge on any atom is 0.305 e. The average molecular weight is 373 g/mol. The highest BCUT2D eigenvalue weighted by Crippen LogP contribution is 2.27. The zero-order valence-electron chi connectivity index (χ0n) is 11.0. The normalized spacial score (nSPS) is 18.8. The summed E-state index contributed by atoms with van der Waals surface area (Å²) in [7, 11) is 0. The van der Waals surface area contributed by atoms with E-state index < -0.39 is 5.97 Å². The number of aliphatic carboxylic acids is 1. The third-order valence-corrected chi connectivity index (χ3v) is 4.42. The molecular weight excluding hydrogens is 353 g/mol. The van der Waals surface area contributed by atoms with Gasteiger partial charge in [0.25, 0.3) is 0 Å². The van der Waals surface area contributed by atoms with Crippen LogP contribution in [0.5, 0.6) is 0 Å². The Morgan fingerprint density at radius 3 is 2.26 bits per heavy atom. The predicted molar refractivity (Wildman–Crippen MR) is 84.2 cm³/mol. The summed E-state index contributed by atoms with van der Waals surface area (Å²) >= 11 is 2.28. The molecule has 104 valence electrons. The molecule has 0 aromatic heterocycles. The number of nitrogens with zero attached hydrogens (tertiary/aromatic N) is 1. The fourth-order valence-corrected chi connectivity index (χ4v) is 3.07. The topological polar surface area (TPSA) is 40.5 Å². The van der Waals surface area contributed by atoms with Crippen LogP contribution in [0.2, 0.25) is 0 Å². The van der Waals surface area contributed by atoms with Crippen LogP contribution in [-0.2, 0) is 4.79 Å². The smallest absolute Gasteiger partial charge is 0.305 e. The van der Waals surface area contributed by atoms with Gasteiger partial charge >= 0.3 is 5.97 Å². The van der Waals surface area contributed by atoms with E-state index >= 15 is 0 Å². The number of hydrogen-bond acceptors (Lipinski definition) is 2. The van der Waals surface area contributed by atoms with Gasteiger partial charge in [0.2, 0.25) is 0 Å². The summed E-state index contributed by atoms with van der Waals surface area (Å²) < 4.78 is 1.19. The van der Waals surface area contributed by atoms with Gasteiger partial charge in [-0.3, -0.25) is 9.69 Å². The zero-order chi connectivity index (χ0) is 13.7. The third-order valence-electron chi connectivity index (χ3n) is 3.70. The van der Waals surface area contributed by atoms with Crippen LogP contribution in [0.25, 0.3) is 0 Å². The lowest BCUT2D eigenvalue weighted by Crippen LogP contribution is -2.31. The molecule has 1 aromatic rings. The molecule has 0 bridgehead atoms. The van der Waals surface area contributed by atoms with Crippen LogP contribution in [0.15, 0.2) is 24.3 Å². The van der Waals surface area contributed by atoms with E-state index in [1.165, 1.54) is 29.3 Å². The van der Waals surface area contributed by atoms with Crippen LogP contribution in [0.4, 0.5) is 0 Å². The summed E-state index contributed by atoms with van der Waals surface area (Å²) in [5.74, 6) is -0.715. The molecule has 1 N–H and O–H groups in total. The lowest BCUT2D eigenvalue weighted by Gasteiger charge is -2.30. The number of benzene rings is 1. The Morgan fingerprint density at radius 1 is 1.16 bits per heavy atom. The van der Waals surface area contributed by atoms with Crippen molar-refractivity contribution < 1.29 is 9.90 Å². The van der Waals surface area contributed by atoms with E-state index in [9.17, 15) is 9.90 Å². The second-order valence-electron chi connectivity index (χ2n) is 5.12. The molecule has 1 saturated heterocycles. The molecule has 2 rings (SSSR count). The average Bonchev–Trinajstić information content (AvgIpc) is 2.65. The first kappa shape index (κ1) is 14.8. The van der Waals surface area contributed by atoms with Gasteiger partial charge in [0.1, 0.15) is 0 Å². The number of carbonyl (C=O) groups is 1. The molecular formula is C15H20INO2. The molecule has 0 saturated carbocycles. The van der Waals surface area contributed by atoms with Crippen molar-refractivity contribution in [2.75, 3.05) is 13.1 Å². The van der Waals surface area contributed by atoms with Crippen molar-refractivity contribution in [3.8, 4) is 0 Å². The fourth-order valence-electron chi connectivity index (χ4n) is 2.71. The van der Waals surface area contributed by atoms with Crippen LogP contribution in [-0.4, -0.2) is 29.1 Å². The standard InChI is InChI=1S/C15H20INO2/c16-13-7-5-12(6-8-13)14(11-15(18)19)17-9-3-1-2-4-10-17/h5-8,14H,1-4,9-11H2,(H,18,19). The van der Waals surface area contributed by atoms with Crippen molar-refractivity contribution >= 4 is 28.6 Å². The first-order valence-electron chi connectivity index (χ1n) is 6.88. The minimum absolute atomic E-state index is 0.0209. The van der Waals surface area contributed by atoms with Gasteiger partial charge in [-0.25, -0.2) is 0 Å². The highest BCUT2D eigenvalue weighted by molar-refractivity contribution is 14.1.